The molecule has 0 aliphatic heterocycles. The molecule has 0 amide bonds. The van der Waals surface area contributed by atoms with Crippen LogP contribution < -0.4 is 5.32 Å². The van der Waals surface area contributed by atoms with Gasteiger partial charge in [-0.1, -0.05) is 25.1 Å². The van der Waals surface area contributed by atoms with Crippen LogP contribution in [-0.4, -0.2) is 31.0 Å². The van der Waals surface area contributed by atoms with Gasteiger partial charge in [-0.25, -0.2) is 8.42 Å². The van der Waals surface area contributed by atoms with Crippen molar-refractivity contribution in [1.82, 2.24) is 9.88 Å². The smallest absolute Gasteiger partial charge is 0.151 e. The van der Waals surface area contributed by atoms with Gasteiger partial charge in [0.15, 0.2) is 9.84 Å². The molecule has 0 aliphatic carbocycles. The van der Waals surface area contributed by atoms with E-state index < -0.39 is 9.84 Å². The molecule has 2 rings (SSSR count). The minimum Gasteiger partial charge on any atom is -0.346 e. The highest BCUT2D eigenvalue weighted by Gasteiger charge is 2.11. The van der Waals surface area contributed by atoms with Crippen LogP contribution in [-0.2, 0) is 23.4 Å². The Bertz CT molecular complexity index is 663. The summed E-state index contributed by atoms with van der Waals surface area (Å²) in [6.45, 7) is 4.99. The van der Waals surface area contributed by atoms with Crippen molar-refractivity contribution >= 4 is 20.7 Å². The zero-order valence-electron chi connectivity index (χ0n) is 12.3. The minimum absolute atomic E-state index is 0.201. The Morgan fingerprint density at radius 1 is 1.25 bits per heavy atom. The first-order valence-electron chi connectivity index (χ1n) is 6.90. The summed E-state index contributed by atoms with van der Waals surface area (Å²) in [5.41, 5.74) is 3.68. The molecule has 1 aromatic heterocycles. The standard InChI is InChI=1S/C15H22N2O2S/c1-4-20(18,19)10-9-16-11-15-12(2)13-7-5-6-8-14(13)17(15)3/h5-8,16H,4,9-11H2,1-3H3. The number of hydrogen-bond acceptors (Lipinski definition) is 3. The Morgan fingerprint density at radius 3 is 2.60 bits per heavy atom. The SMILES string of the molecule is CCS(=O)(=O)CCNCc1c(C)c2ccccc2n1C. The fourth-order valence-corrected chi connectivity index (χ4v) is 3.21. The lowest BCUT2D eigenvalue weighted by Gasteiger charge is -2.08. The molecule has 110 valence electrons. The topological polar surface area (TPSA) is 51.1 Å². The largest absolute Gasteiger partial charge is 0.346 e. The maximum atomic E-state index is 11.4. The molecule has 0 bridgehead atoms. The van der Waals surface area contributed by atoms with E-state index in [9.17, 15) is 8.42 Å². The van der Waals surface area contributed by atoms with Gasteiger partial charge in [-0.05, 0) is 18.6 Å². The second-order valence-electron chi connectivity index (χ2n) is 5.06. The van der Waals surface area contributed by atoms with Gasteiger partial charge in [0.1, 0.15) is 0 Å². The molecular formula is C15H22N2O2S. The van der Waals surface area contributed by atoms with E-state index in [4.69, 9.17) is 0 Å². The summed E-state index contributed by atoms with van der Waals surface area (Å²) in [7, 11) is -0.837. The molecule has 0 unspecified atom stereocenters. The molecule has 0 radical (unpaired) electrons. The van der Waals surface area contributed by atoms with Crippen LogP contribution in [0.2, 0.25) is 0 Å². The van der Waals surface area contributed by atoms with Gasteiger partial charge in [-0.3, -0.25) is 0 Å². The van der Waals surface area contributed by atoms with Crippen LogP contribution in [0, 0.1) is 6.92 Å². The number of nitrogens with one attached hydrogen (secondary N) is 1. The minimum atomic E-state index is -2.89. The molecule has 0 atom stereocenters. The average Bonchev–Trinajstić information content (AvgIpc) is 2.68. The Kier molecular flexibility index (Phi) is 4.50. The van der Waals surface area contributed by atoms with Crippen molar-refractivity contribution in [3.8, 4) is 0 Å². The maximum absolute atomic E-state index is 11.4. The second-order valence-corrected chi connectivity index (χ2v) is 7.53. The van der Waals surface area contributed by atoms with Crippen molar-refractivity contribution in [2.45, 2.75) is 20.4 Å². The Labute approximate surface area is 120 Å². The number of benzene rings is 1. The highest BCUT2D eigenvalue weighted by molar-refractivity contribution is 7.91. The van der Waals surface area contributed by atoms with Crippen molar-refractivity contribution < 1.29 is 8.42 Å². The van der Waals surface area contributed by atoms with Crippen molar-refractivity contribution in [2.24, 2.45) is 7.05 Å². The first-order chi connectivity index (χ1) is 9.46. The second kappa shape index (κ2) is 5.97. The van der Waals surface area contributed by atoms with E-state index in [1.54, 1.807) is 6.92 Å². The van der Waals surface area contributed by atoms with Crippen molar-refractivity contribution in [1.29, 1.82) is 0 Å². The van der Waals surface area contributed by atoms with Crippen LogP contribution in [0.25, 0.3) is 10.9 Å². The van der Waals surface area contributed by atoms with Gasteiger partial charge >= 0.3 is 0 Å². The third-order valence-electron chi connectivity index (χ3n) is 3.83. The molecule has 0 saturated heterocycles. The molecule has 5 heteroatoms. The van der Waals surface area contributed by atoms with Crippen molar-refractivity contribution in [3.63, 3.8) is 0 Å². The maximum Gasteiger partial charge on any atom is 0.151 e. The molecule has 20 heavy (non-hydrogen) atoms. The predicted octanol–water partition coefficient (Wildman–Crippen LogP) is 2.01. The number of aromatic nitrogens is 1. The lowest BCUT2D eigenvalue weighted by Crippen LogP contribution is -2.24. The highest BCUT2D eigenvalue weighted by Crippen LogP contribution is 2.24. The number of para-hydroxylation sites is 1. The van der Waals surface area contributed by atoms with Crippen LogP contribution in [0.3, 0.4) is 0 Å². The summed E-state index contributed by atoms with van der Waals surface area (Å²) in [5.74, 6) is 0.411. The fraction of sp³-hybridized carbons (Fsp3) is 0.467. The molecule has 0 aliphatic rings. The number of nitrogens with zero attached hydrogens (tertiary/aromatic N) is 1. The lowest BCUT2D eigenvalue weighted by molar-refractivity contribution is 0.590. The molecule has 0 saturated carbocycles. The molecule has 0 fully saturated rings. The van der Waals surface area contributed by atoms with E-state index >= 15 is 0 Å². The molecule has 4 nitrogen and oxygen atoms in total. The molecular weight excluding hydrogens is 272 g/mol. The van der Waals surface area contributed by atoms with Crippen LogP contribution in [0.5, 0.6) is 0 Å². The molecule has 1 heterocycles. The number of rotatable bonds is 6. The van der Waals surface area contributed by atoms with Gasteiger partial charge in [-0.15, -0.1) is 0 Å². The zero-order chi connectivity index (χ0) is 14.8. The molecule has 1 N–H and O–H groups in total. The summed E-state index contributed by atoms with van der Waals surface area (Å²) in [4.78, 5) is 0. The van der Waals surface area contributed by atoms with Gasteiger partial charge < -0.3 is 9.88 Å². The average molecular weight is 294 g/mol. The van der Waals surface area contributed by atoms with Crippen LogP contribution in [0.4, 0.5) is 0 Å². The predicted molar refractivity (Wildman–Crippen MR) is 83.7 cm³/mol. The van der Waals surface area contributed by atoms with Gasteiger partial charge in [0.25, 0.3) is 0 Å². The number of hydrogen-bond donors (Lipinski definition) is 1. The molecule has 2 aromatic rings. The zero-order valence-corrected chi connectivity index (χ0v) is 13.1. The Balaban J connectivity index is 2.07. The number of aryl methyl sites for hydroxylation is 2. The quantitative estimate of drug-likeness (QED) is 0.829. The van der Waals surface area contributed by atoms with E-state index in [1.165, 1.54) is 22.2 Å². The number of fused-ring (bicyclic) bond motifs is 1. The summed E-state index contributed by atoms with van der Waals surface area (Å²) in [6.07, 6.45) is 0. The van der Waals surface area contributed by atoms with Crippen molar-refractivity contribution in [2.75, 3.05) is 18.1 Å². The van der Waals surface area contributed by atoms with E-state index in [0.717, 1.165) is 0 Å². The third-order valence-corrected chi connectivity index (χ3v) is 5.54. The van der Waals surface area contributed by atoms with Gasteiger partial charge in [0, 0.05) is 42.5 Å². The van der Waals surface area contributed by atoms with Crippen molar-refractivity contribution in [3.05, 3.63) is 35.5 Å². The van der Waals surface area contributed by atoms with Gasteiger partial charge in [-0.2, -0.15) is 0 Å². The summed E-state index contributed by atoms with van der Waals surface area (Å²) < 4.78 is 25.1. The molecule has 1 aromatic carbocycles. The Morgan fingerprint density at radius 2 is 1.95 bits per heavy atom. The van der Waals surface area contributed by atoms with Gasteiger partial charge in [0.2, 0.25) is 0 Å². The highest BCUT2D eigenvalue weighted by atomic mass is 32.2. The Hall–Kier alpha value is -1.33. The summed E-state index contributed by atoms with van der Waals surface area (Å²) in [5, 5.41) is 4.49. The van der Waals surface area contributed by atoms with E-state index in [0.29, 0.717) is 13.1 Å². The fourth-order valence-electron chi connectivity index (χ4n) is 2.47. The van der Waals surface area contributed by atoms with E-state index in [1.807, 2.05) is 12.1 Å². The van der Waals surface area contributed by atoms with Crippen LogP contribution in [0.15, 0.2) is 24.3 Å². The van der Waals surface area contributed by atoms with Crippen LogP contribution in [0.1, 0.15) is 18.2 Å². The number of sulfone groups is 1. The van der Waals surface area contributed by atoms with E-state index in [-0.39, 0.29) is 11.5 Å². The first-order valence-corrected chi connectivity index (χ1v) is 8.72. The van der Waals surface area contributed by atoms with Crippen LogP contribution >= 0.6 is 0 Å². The summed E-state index contributed by atoms with van der Waals surface area (Å²) >= 11 is 0. The van der Waals surface area contributed by atoms with E-state index in [2.05, 4.69) is 36.0 Å². The first kappa shape index (κ1) is 15.1. The molecule has 0 spiro atoms. The van der Waals surface area contributed by atoms with Gasteiger partial charge in [0.05, 0.1) is 5.75 Å². The summed E-state index contributed by atoms with van der Waals surface area (Å²) in [6, 6.07) is 8.30. The third kappa shape index (κ3) is 3.04. The monoisotopic (exact) mass is 294 g/mol. The normalized spacial score (nSPS) is 12.2. The lowest BCUT2D eigenvalue weighted by atomic mass is 10.1.